The fourth-order valence-electron chi connectivity index (χ4n) is 2.99. The van der Waals surface area contributed by atoms with E-state index in [0.29, 0.717) is 40.6 Å². The maximum Gasteiger partial charge on any atom is 0.355 e. The zero-order valence-electron chi connectivity index (χ0n) is 13.7. The fraction of sp³-hybridized carbons (Fsp3) is 0.368. The molecule has 0 aliphatic heterocycles. The lowest BCUT2D eigenvalue weighted by atomic mass is 9.97. The van der Waals surface area contributed by atoms with Crippen molar-refractivity contribution in [2.45, 2.75) is 39.5 Å². The fourth-order valence-corrected chi connectivity index (χ4v) is 2.99. The van der Waals surface area contributed by atoms with Crippen molar-refractivity contribution in [3.05, 3.63) is 57.9 Å². The first-order valence-electron chi connectivity index (χ1n) is 8.03. The number of ether oxygens (including phenoxy) is 1. The van der Waals surface area contributed by atoms with Crippen molar-refractivity contribution in [2.24, 2.45) is 0 Å². The van der Waals surface area contributed by atoms with E-state index in [2.05, 4.69) is 11.1 Å². The highest BCUT2D eigenvalue weighted by molar-refractivity contribution is 6.12. The van der Waals surface area contributed by atoms with Crippen LogP contribution in [0.1, 0.15) is 68.9 Å². The number of esters is 1. The van der Waals surface area contributed by atoms with Crippen molar-refractivity contribution in [2.75, 3.05) is 6.61 Å². The molecule has 1 saturated carbocycles. The molecule has 0 unspecified atom stereocenters. The Bertz CT molecular complexity index is 769. The summed E-state index contributed by atoms with van der Waals surface area (Å²) >= 11 is 0. The minimum absolute atomic E-state index is 0.0469. The van der Waals surface area contributed by atoms with Crippen LogP contribution in [0.5, 0.6) is 0 Å². The Kier molecular flexibility index (Phi) is 4.07. The lowest BCUT2D eigenvalue weighted by Crippen LogP contribution is -2.08. The number of carbonyl (C=O) groups is 2. The largest absolute Gasteiger partial charge is 0.461 e. The maximum atomic E-state index is 12.9. The maximum absolute atomic E-state index is 12.9. The highest BCUT2D eigenvalue weighted by Crippen LogP contribution is 2.40. The summed E-state index contributed by atoms with van der Waals surface area (Å²) in [6, 6.07) is 7.83. The Morgan fingerprint density at radius 3 is 2.65 bits per heavy atom. The first-order valence-corrected chi connectivity index (χ1v) is 8.03. The second kappa shape index (κ2) is 6.03. The standard InChI is InChI=1S/C19H21NO3/c1-4-23-19(22)17-11(2)16(12(3)20-17)18(21)15-7-5-6-14(10-15)13-8-9-13/h5-7,10,13,20H,4,8-9H2,1-3H3. The summed E-state index contributed by atoms with van der Waals surface area (Å²) in [6.45, 7) is 5.67. The summed E-state index contributed by atoms with van der Waals surface area (Å²) < 4.78 is 5.04. The van der Waals surface area contributed by atoms with E-state index in [9.17, 15) is 9.59 Å². The topological polar surface area (TPSA) is 59.2 Å². The number of benzene rings is 1. The Balaban J connectivity index is 1.96. The zero-order chi connectivity index (χ0) is 16.6. The van der Waals surface area contributed by atoms with Gasteiger partial charge in [-0.3, -0.25) is 4.79 Å². The van der Waals surface area contributed by atoms with E-state index in [1.54, 1.807) is 13.8 Å². The molecule has 0 spiro atoms. The number of aromatic amines is 1. The molecule has 1 heterocycles. The first kappa shape index (κ1) is 15.5. The average Bonchev–Trinajstić information content (AvgIpc) is 3.33. The summed E-state index contributed by atoms with van der Waals surface area (Å²) in [7, 11) is 0. The second-order valence-electron chi connectivity index (χ2n) is 6.07. The number of carbonyl (C=O) groups excluding carboxylic acids is 2. The molecule has 1 aromatic heterocycles. The third-order valence-electron chi connectivity index (χ3n) is 4.34. The highest BCUT2D eigenvalue weighted by atomic mass is 16.5. The zero-order valence-corrected chi connectivity index (χ0v) is 13.7. The van der Waals surface area contributed by atoms with Gasteiger partial charge in [-0.2, -0.15) is 0 Å². The van der Waals surface area contributed by atoms with E-state index in [1.165, 1.54) is 18.4 Å². The summed E-state index contributed by atoms with van der Waals surface area (Å²) in [5.41, 5.74) is 4.20. The minimum atomic E-state index is -0.418. The van der Waals surface area contributed by atoms with E-state index in [-0.39, 0.29) is 5.78 Å². The number of H-pyrrole nitrogens is 1. The highest BCUT2D eigenvalue weighted by Gasteiger charge is 2.26. The third kappa shape index (κ3) is 2.93. The minimum Gasteiger partial charge on any atom is -0.461 e. The molecular formula is C19H21NO3. The lowest BCUT2D eigenvalue weighted by Gasteiger charge is -2.05. The van der Waals surface area contributed by atoms with Crippen molar-refractivity contribution in [1.82, 2.24) is 4.98 Å². The molecule has 23 heavy (non-hydrogen) atoms. The molecule has 1 N–H and O–H groups in total. The summed E-state index contributed by atoms with van der Waals surface area (Å²) in [6.07, 6.45) is 2.40. The number of ketones is 1. The average molecular weight is 311 g/mol. The number of rotatable bonds is 5. The Morgan fingerprint density at radius 1 is 1.26 bits per heavy atom. The molecule has 1 aliphatic carbocycles. The number of aryl methyl sites for hydroxylation is 1. The van der Waals surface area contributed by atoms with E-state index in [0.717, 1.165) is 0 Å². The van der Waals surface area contributed by atoms with Gasteiger partial charge >= 0.3 is 5.97 Å². The van der Waals surface area contributed by atoms with Crippen LogP contribution in [0.15, 0.2) is 24.3 Å². The molecule has 2 aromatic rings. The molecule has 1 aliphatic rings. The Labute approximate surface area is 135 Å². The van der Waals surface area contributed by atoms with Gasteiger partial charge in [0.1, 0.15) is 5.69 Å². The summed E-state index contributed by atoms with van der Waals surface area (Å²) in [5.74, 6) is 0.138. The van der Waals surface area contributed by atoms with Gasteiger partial charge in [0.25, 0.3) is 0 Å². The SMILES string of the molecule is CCOC(=O)c1[nH]c(C)c(C(=O)c2cccc(C3CC3)c2)c1C. The van der Waals surface area contributed by atoms with Gasteiger partial charge in [0.15, 0.2) is 5.78 Å². The normalized spacial score (nSPS) is 13.9. The Morgan fingerprint density at radius 2 is 2.00 bits per heavy atom. The number of nitrogens with one attached hydrogen (secondary N) is 1. The van der Waals surface area contributed by atoms with Gasteiger partial charge in [-0.15, -0.1) is 0 Å². The van der Waals surface area contributed by atoms with E-state index in [4.69, 9.17) is 4.74 Å². The van der Waals surface area contributed by atoms with E-state index >= 15 is 0 Å². The molecule has 1 fully saturated rings. The Hall–Kier alpha value is -2.36. The quantitative estimate of drug-likeness (QED) is 0.672. The van der Waals surface area contributed by atoms with E-state index < -0.39 is 5.97 Å². The molecule has 0 bridgehead atoms. The van der Waals surface area contributed by atoms with Crippen LogP contribution in [0, 0.1) is 13.8 Å². The number of hydrogen-bond acceptors (Lipinski definition) is 3. The smallest absolute Gasteiger partial charge is 0.355 e. The first-order chi connectivity index (χ1) is 11.0. The van der Waals surface area contributed by atoms with Crippen LogP contribution in [-0.4, -0.2) is 23.3 Å². The summed E-state index contributed by atoms with van der Waals surface area (Å²) in [5, 5.41) is 0. The van der Waals surface area contributed by atoms with Crippen LogP contribution >= 0.6 is 0 Å². The summed E-state index contributed by atoms with van der Waals surface area (Å²) in [4.78, 5) is 27.9. The van der Waals surface area contributed by atoms with Crippen LogP contribution in [0.4, 0.5) is 0 Å². The monoisotopic (exact) mass is 311 g/mol. The molecular weight excluding hydrogens is 290 g/mol. The predicted molar refractivity (Wildman–Crippen MR) is 88.1 cm³/mol. The molecule has 0 amide bonds. The van der Waals surface area contributed by atoms with Gasteiger partial charge in [-0.25, -0.2) is 4.79 Å². The van der Waals surface area contributed by atoms with Crippen LogP contribution in [0.25, 0.3) is 0 Å². The second-order valence-corrected chi connectivity index (χ2v) is 6.07. The molecule has 1 aromatic carbocycles. The van der Waals surface area contributed by atoms with Crippen LogP contribution < -0.4 is 0 Å². The van der Waals surface area contributed by atoms with Gasteiger partial charge in [0.05, 0.1) is 6.61 Å². The molecule has 4 nitrogen and oxygen atoms in total. The van der Waals surface area contributed by atoms with E-state index in [1.807, 2.05) is 25.1 Å². The molecule has 3 rings (SSSR count). The lowest BCUT2D eigenvalue weighted by molar-refractivity contribution is 0.0519. The van der Waals surface area contributed by atoms with Gasteiger partial charge in [-0.1, -0.05) is 18.2 Å². The molecule has 0 radical (unpaired) electrons. The van der Waals surface area contributed by atoms with Gasteiger partial charge < -0.3 is 9.72 Å². The molecule has 120 valence electrons. The molecule has 4 heteroatoms. The van der Waals surface area contributed by atoms with Crippen LogP contribution in [0.2, 0.25) is 0 Å². The predicted octanol–water partition coefficient (Wildman–Crippen LogP) is 3.92. The third-order valence-corrected chi connectivity index (χ3v) is 4.34. The van der Waals surface area contributed by atoms with Crippen LogP contribution in [0.3, 0.4) is 0 Å². The van der Waals surface area contributed by atoms with Crippen molar-refractivity contribution in [3.8, 4) is 0 Å². The van der Waals surface area contributed by atoms with Crippen LogP contribution in [-0.2, 0) is 4.74 Å². The van der Waals surface area contributed by atoms with Crippen molar-refractivity contribution >= 4 is 11.8 Å². The number of aromatic nitrogens is 1. The van der Waals surface area contributed by atoms with Gasteiger partial charge in [0, 0.05) is 16.8 Å². The molecule has 0 atom stereocenters. The molecule has 0 saturated heterocycles. The van der Waals surface area contributed by atoms with Crippen molar-refractivity contribution in [3.63, 3.8) is 0 Å². The van der Waals surface area contributed by atoms with Gasteiger partial charge in [-0.05, 0) is 56.7 Å². The number of hydrogen-bond donors (Lipinski definition) is 1. The van der Waals surface area contributed by atoms with Crippen molar-refractivity contribution in [1.29, 1.82) is 0 Å². The van der Waals surface area contributed by atoms with Crippen molar-refractivity contribution < 1.29 is 14.3 Å². The van der Waals surface area contributed by atoms with Gasteiger partial charge in [0.2, 0.25) is 0 Å².